The summed E-state index contributed by atoms with van der Waals surface area (Å²) in [6.07, 6.45) is 1.22. The number of carbonyl (C=O) groups is 2. The Hall–Kier alpha value is -4.61. The number of morpholine rings is 1. The zero-order chi connectivity index (χ0) is 38.2. The SMILES string of the molecule is C#Cc1cc(-c2c(C)cc(F)cc2C)c(F)c([C@H](CC(=O)O)NC(=O)[C@H](CC(C)C)n2cc(CCN3C[C@@H]4C[C@H]3CO4)c(C(F)(F)F)cc2=O)c1F. The highest BCUT2D eigenvalue weighted by atomic mass is 19.4. The number of likely N-dealkylation sites (tertiary alicyclic amines) is 1. The highest BCUT2D eigenvalue weighted by molar-refractivity contribution is 5.82. The number of hydrogen-bond donors (Lipinski definition) is 2. The molecular formula is C38H39F6N3O5. The highest BCUT2D eigenvalue weighted by Crippen LogP contribution is 2.38. The number of amides is 1. The van der Waals surface area contributed by atoms with Gasteiger partial charge in [-0.2, -0.15) is 13.2 Å². The van der Waals surface area contributed by atoms with Gasteiger partial charge < -0.3 is 19.7 Å². The molecule has 2 fully saturated rings. The third-order valence-corrected chi connectivity index (χ3v) is 9.68. The summed E-state index contributed by atoms with van der Waals surface area (Å²) in [6, 6.07) is 0.418. The lowest BCUT2D eigenvalue weighted by Gasteiger charge is -2.28. The van der Waals surface area contributed by atoms with Crippen molar-refractivity contribution >= 4 is 11.9 Å². The van der Waals surface area contributed by atoms with Gasteiger partial charge in [0.05, 0.1) is 36.3 Å². The molecule has 8 nitrogen and oxygen atoms in total. The topological polar surface area (TPSA) is 101 Å². The van der Waals surface area contributed by atoms with Gasteiger partial charge >= 0.3 is 12.1 Å². The maximum Gasteiger partial charge on any atom is 0.416 e. The minimum absolute atomic E-state index is 0.00900. The Morgan fingerprint density at radius 3 is 2.31 bits per heavy atom. The third-order valence-electron chi connectivity index (χ3n) is 9.68. The summed E-state index contributed by atoms with van der Waals surface area (Å²) >= 11 is 0. The van der Waals surface area contributed by atoms with Crippen LogP contribution in [0.5, 0.6) is 0 Å². The number of halogens is 6. The van der Waals surface area contributed by atoms with Crippen molar-refractivity contribution in [3.05, 3.63) is 91.6 Å². The molecule has 2 aliphatic rings. The molecule has 2 bridgehead atoms. The number of fused-ring (bicyclic) bond motifs is 2. The molecule has 278 valence electrons. The van der Waals surface area contributed by atoms with Crippen molar-refractivity contribution in [2.24, 2.45) is 5.92 Å². The fraction of sp³-hybridized carbons (Fsp3) is 0.447. The van der Waals surface area contributed by atoms with Crippen LogP contribution in [0.3, 0.4) is 0 Å². The Morgan fingerprint density at radius 1 is 1.10 bits per heavy atom. The van der Waals surface area contributed by atoms with E-state index in [1.165, 1.54) is 13.8 Å². The summed E-state index contributed by atoms with van der Waals surface area (Å²) < 4.78 is 95.6. The first-order valence-electron chi connectivity index (χ1n) is 16.8. The van der Waals surface area contributed by atoms with Crippen LogP contribution in [-0.2, 0) is 26.9 Å². The molecule has 0 aliphatic carbocycles. The lowest BCUT2D eigenvalue weighted by atomic mass is 9.89. The van der Waals surface area contributed by atoms with Crippen molar-refractivity contribution in [1.82, 2.24) is 14.8 Å². The number of hydrogen-bond acceptors (Lipinski definition) is 5. The molecule has 2 saturated heterocycles. The average Bonchev–Trinajstić information content (AvgIpc) is 3.66. The Balaban J connectivity index is 1.57. The van der Waals surface area contributed by atoms with E-state index in [0.717, 1.165) is 35.4 Å². The van der Waals surface area contributed by atoms with Crippen LogP contribution in [-0.4, -0.2) is 58.3 Å². The number of terminal acetylenes is 1. The van der Waals surface area contributed by atoms with Gasteiger partial charge in [0.2, 0.25) is 5.91 Å². The number of ether oxygens (including phenoxy) is 1. The van der Waals surface area contributed by atoms with E-state index < -0.39 is 76.3 Å². The molecule has 2 N–H and O–H groups in total. The van der Waals surface area contributed by atoms with E-state index in [0.29, 0.717) is 19.2 Å². The molecular weight excluding hydrogens is 692 g/mol. The van der Waals surface area contributed by atoms with Crippen LogP contribution in [0.2, 0.25) is 0 Å². The molecule has 0 radical (unpaired) electrons. The lowest BCUT2D eigenvalue weighted by Crippen LogP contribution is -2.41. The fourth-order valence-electron chi connectivity index (χ4n) is 7.36. The molecule has 14 heteroatoms. The molecule has 2 aliphatic heterocycles. The normalized spacial score (nSPS) is 18.4. The average molecular weight is 732 g/mol. The number of alkyl halides is 3. The fourth-order valence-corrected chi connectivity index (χ4v) is 7.36. The van der Waals surface area contributed by atoms with Crippen LogP contribution in [0.4, 0.5) is 26.3 Å². The van der Waals surface area contributed by atoms with E-state index in [1.807, 2.05) is 4.90 Å². The minimum atomic E-state index is -4.88. The summed E-state index contributed by atoms with van der Waals surface area (Å²) in [4.78, 5) is 41.5. The molecule has 4 atom stereocenters. The van der Waals surface area contributed by atoms with Gasteiger partial charge in [-0.1, -0.05) is 19.8 Å². The van der Waals surface area contributed by atoms with Gasteiger partial charge in [-0.3, -0.25) is 19.3 Å². The summed E-state index contributed by atoms with van der Waals surface area (Å²) in [6.45, 7) is 7.67. The molecule has 3 aromatic rings. The Morgan fingerprint density at radius 2 is 1.77 bits per heavy atom. The van der Waals surface area contributed by atoms with Crippen LogP contribution < -0.4 is 10.9 Å². The number of aryl methyl sites for hydroxylation is 2. The summed E-state index contributed by atoms with van der Waals surface area (Å²) in [7, 11) is 0. The van der Waals surface area contributed by atoms with E-state index in [-0.39, 0.29) is 65.3 Å². The van der Waals surface area contributed by atoms with Crippen molar-refractivity contribution in [3.8, 4) is 23.5 Å². The van der Waals surface area contributed by atoms with E-state index in [2.05, 4.69) is 11.2 Å². The standard InChI is InChI=1S/C38H39F6N3O5/c1-6-22-12-27(33-20(4)10-24(39)11-21(33)5)36(41)34(35(22)40)29(15-32(49)50)45-37(51)30(9-19(2)3)47-16-23(28(14-31(47)48)38(42,43)44)7-8-46-17-26-13-25(46)18-52-26/h1,10-12,14,16,19,25-26,29-30H,7-9,13,15,17-18H2,2-5H3,(H,45,51)(H,49,50)/t25-,26-,29-,30-/m0/s1. The zero-order valence-corrected chi connectivity index (χ0v) is 29.0. The van der Waals surface area contributed by atoms with Crippen LogP contribution in [0, 0.1) is 49.6 Å². The molecule has 0 saturated carbocycles. The third kappa shape index (κ3) is 8.05. The first-order chi connectivity index (χ1) is 24.4. The van der Waals surface area contributed by atoms with Gasteiger partial charge in [-0.05, 0) is 79.5 Å². The molecule has 0 unspecified atom stereocenters. The van der Waals surface area contributed by atoms with E-state index in [9.17, 15) is 37.1 Å². The summed E-state index contributed by atoms with van der Waals surface area (Å²) in [5.74, 6) is -3.99. The number of rotatable bonds is 12. The van der Waals surface area contributed by atoms with Gasteiger partial charge in [0, 0.05) is 42.5 Å². The van der Waals surface area contributed by atoms with Gasteiger partial charge in [0.25, 0.3) is 5.56 Å². The molecule has 5 rings (SSSR count). The molecule has 1 amide bonds. The molecule has 52 heavy (non-hydrogen) atoms. The van der Waals surface area contributed by atoms with Gasteiger partial charge in [0.1, 0.15) is 23.5 Å². The smallest absolute Gasteiger partial charge is 0.416 e. The Labute approximate surface area is 296 Å². The van der Waals surface area contributed by atoms with Crippen LogP contribution in [0.15, 0.2) is 35.3 Å². The van der Waals surface area contributed by atoms with Crippen molar-refractivity contribution in [2.75, 3.05) is 19.7 Å². The number of nitrogens with zero attached hydrogens (tertiary/aromatic N) is 2. The van der Waals surface area contributed by atoms with Crippen molar-refractivity contribution in [1.29, 1.82) is 0 Å². The maximum absolute atomic E-state index is 16.5. The van der Waals surface area contributed by atoms with Crippen molar-refractivity contribution in [2.45, 2.75) is 83.8 Å². The summed E-state index contributed by atoms with van der Waals surface area (Å²) in [5.41, 5.74) is -3.39. The monoisotopic (exact) mass is 731 g/mol. The number of nitrogens with one attached hydrogen (secondary N) is 1. The second-order valence-corrected chi connectivity index (χ2v) is 13.9. The number of carbonyl (C=O) groups excluding carboxylic acids is 1. The van der Waals surface area contributed by atoms with E-state index >= 15 is 8.78 Å². The first-order valence-corrected chi connectivity index (χ1v) is 16.8. The zero-order valence-electron chi connectivity index (χ0n) is 29.0. The highest BCUT2D eigenvalue weighted by Gasteiger charge is 2.40. The summed E-state index contributed by atoms with van der Waals surface area (Å²) in [5, 5.41) is 12.2. The molecule has 1 aromatic heterocycles. The van der Waals surface area contributed by atoms with Crippen molar-refractivity contribution < 1.29 is 45.8 Å². The predicted octanol–water partition coefficient (Wildman–Crippen LogP) is 6.48. The van der Waals surface area contributed by atoms with Gasteiger partial charge in [-0.25, -0.2) is 13.2 Å². The quantitative estimate of drug-likeness (QED) is 0.163. The maximum atomic E-state index is 16.5. The number of aliphatic carboxylic acids is 1. The van der Waals surface area contributed by atoms with E-state index in [1.54, 1.807) is 13.8 Å². The second-order valence-electron chi connectivity index (χ2n) is 13.9. The molecule has 2 aromatic carbocycles. The molecule has 3 heterocycles. The second kappa shape index (κ2) is 15.2. The van der Waals surface area contributed by atoms with Gasteiger partial charge in [0.15, 0.2) is 0 Å². The number of benzene rings is 2. The van der Waals surface area contributed by atoms with Crippen LogP contribution >= 0.6 is 0 Å². The van der Waals surface area contributed by atoms with Crippen molar-refractivity contribution in [3.63, 3.8) is 0 Å². The van der Waals surface area contributed by atoms with Crippen LogP contribution in [0.25, 0.3) is 11.1 Å². The van der Waals surface area contributed by atoms with Crippen LogP contribution in [0.1, 0.15) is 78.6 Å². The Bertz CT molecular complexity index is 1960. The lowest BCUT2D eigenvalue weighted by molar-refractivity contribution is -0.139. The number of carboxylic acid groups (broad SMARTS) is 1. The minimum Gasteiger partial charge on any atom is -0.481 e. The van der Waals surface area contributed by atoms with Gasteiger partial charge in [-0.15, -0.1) is 6.42 Å². The number of carboxylic acids is 1. The predicted molar refractivity (Wildman–Crippen MR) is 180 cm³/mol. The number of aromatic nitrogens is 1. The number of pyridine rings is 1. The van der Waals surface area contributed by atoms with E-state index in [4.69, 9.17) is 11.2 Å². The molecule has 0 spiro atoms. The Kier molecular flexibility index (Phi) is 11.3. The first kappa shape index (κ1) is 38.6. The largest absolute Gasteiger partial charge is 0.481 e.